The molecule has 1 aliphatic rings. The number of carboxylic acids is 1. The van der Waals surface area contributed by atoms with Gasteiger partial charge in [0, 0.05) is 18.8 Å². The van der Waals surface area contributed by atoms with Gasteiger partial charge >= 0.3 is 5.97 Å². The van der Waals surface area contributed by atoms with Crippen LogP contribution in [0.5, 0.6) is 5.75 Å². The number of carboxylic acid groups (broad SMARTS) is 1. The molecule has 2 aromatic rings. The average molecular weight is 603 g/mol. The first-order valence-electron chi connectivity index (χ1n) is 12.0. The summed E-state index contributed by atoms with van der Waals surface area (Å²) in [7, 11) is -4.65. The molecular formula is C27H27F5N2O6S. The van der Waals surface area contributed by atoms with Crippen molar-refractivity contribution in [2.45, 2.75) is 45.1 Å². The number of sulfonamides is 1. The second kappa shape index (κ2) is 11.6. The number of anilines is 1. The van der Waals surface area contributed by atoms with Crippen molar-refractivity contribution in [3.63, 3.8) is 0 Å². The van der Waals surface area contributed by atoms with Crippen LogP contribution in [0.2, 0.25) is 0 Å². The summed E-state index contributed by atoms with van der Waals surface area (Å²) < 4.78 is 95.7. The zero-order chi connectivity index (χ0) is 31.0. The van der Waals surface area contributed by atoms with Gasteiger partial charge in [0.2, 0.25) is 15.9 Å². The summed E-state index contributed by atoms with van der Waals surface area (Å²) >= 11 is 0. The number of phenols is 1. The Morgan fingerprint density at radius 1 is 0.951 bits per heavy atom. The van der Waals surface area contributed by atoms with Crippen molar-refractivity contribution in [3.8, 4) is 5.75 Å². The predicted octanol–water partition coefficient (Wildman–Crippen LogP) is 5.20. The molecule has 1 aliphatic carbocycles. The Balaban J connectivity index is 1.99. The Kier molecular flexibility index (Phi) is 8.99. The van der Waals surface area contributed by atoms with Crippen LogP contribution in [-0.2, 0) is 26.8 Å². The number of allylic oxidation sites excluding steroid dienone is 4. The Morgan fingerprint density at radius 3 is 2.05 bits per heavy atom. The second-order valence-electron chi connectivity index (χ2n) is 10.3. The average Bonchev–Trinajstić information content (AvgIpc) is 2.88. The molecule has 2 atom stereocenters. The van der Waals surface area contributed by atoms with Crippen molar-refractivity contribution in [2.75, 3.05) is 18.5 Å². The first kappa shape index (κ1) is 31.7. The standard InChI is InChI=1S/C27H27F5N2O6S/c1-27(2,3)15-7-5-14(6-8-15)12-34(16-9-10-17(26(37)38)18(35)11-16)19(36)13-33(4)41(39,40)25-23(31)21(29)20(28)22(30)24(25)32/h5-11,21,23,35H,12-13H2,1-4H3,(H,37,38). The Bertz CT molecular complexity index is 1530. The van der Waals surface area contributed by atoms with Gasteiger partial charge in [-0.1, -0.05) is 45.0 Å². The number of carbonyl (C=O) groups is 2. The molecule has 2 aromatic carbocycles. The summed E-state index contributed by atoms with van der Waals surface area (Å²) in [4.78, 5) is 23.7. The van der Waals surface area contributed by atoms with Crippen LogP contribution in [0.25, 0.3) is 0 Å². The molecule has 0 fully saturated rings. The summed E-state index contributed by atoms with van der Waals surface area (Å²) in [5.74, 6) is -10.6. The molecule has 0 saturated carbocycles. The molecule has 222 valence electrons. The molecule has 0 spiro atoms. The van der Waals surface area contributed by atoms with E-state index in [1.165, 1.54) is 6.07 Å². The quantitative estimate of drug-likeness (QED) is 0.402. The maximum absolute atomic E-state index is 14.4. The van der Waals surface area contributed by atoms with E-state index in [4.69, 9.17) is 0 Å². The molecule has 0 saturated heterocycles. The lowest BCUT2D eigenvalue weighted by molar-refractivity contribution is -0.118. The van der Waals surface area contributed by atoms with Gasteiger partial charge in [0.1, 0.15) is 16.2 Å². The molecule has 2 unspecified atom stereocenters. The molecule has 0 radical (unpaired) electrons. The van der Waals surface area contributed by atoms with Gasteiger partial charge in [0.15, 0.2) is 29.8 Å². The third kappa shape index (κ3) is 6.43. The lowest BCUT2D eigenvalue weighted by Crippen LogP contribution is -2.43. The van der Waals surface area contributed by atoms with E-state index in [9.17, 15) is 50.2 Å². The fourth-order valence-corrected chi connectivity index (χ4v) is 5.32. The number of amides is 1. The van der Waals surface area contributed by atoms with Gasteiger partial charge in [-0.15, -0.1) is 0 Å². The third-order valence-electron chi connectivity index (χ3n) is 6.40. The number of rotatable bonds is 8. The number of hydrogen-bond donors (Lipinski definition) is 2. The van der Waals surface area contributed by atoms with Crippen molar-refractivity contribution < 1.29 is 50.2 Å². The van der Waals surface area contributed by atoms with E-state index in [0.717, 1.165) is 29.6 Å². The largest absolute Gasteiger partial charge is 0.507 e. The first-order chi connectivity index (χ1) is 18.9. The maximum atomic E-state index is 14.4. The Morgan fingerprint density at radius 2 is 1.54 bits per heavy atom. The molecule has 0 bridgehead atoms. The van der Waals surface area contributed by atoms with Crippen LogP contribution in [0.15, 0.2) is 64.9 Å². The van der Waals surface area contributed by atoms with Crippen molar-refractivity contribution in [1.82, 2.24) is 4.31 Å². The van der Waals surface area contributed by atoms with Crippen LogP contribution >= 0.6 is 0 Å². The van der Waals surface area contributed by atoms with Crippen LogP contribution in [0.4, 0.5) is 27.6 Å². The van der Waals surface area contributed by atoms with Gasteiger partial charge in [0.25, 0.3) is 0 Å². The molecule has 0 aliphatic heterocycles. The van der Waals surface area contributed by atoms with E-state index in [-0.39, 0.29) is 22.0 Å². The van der Waals surface area contributed by atoms with Gasteiger partial charge in [-0.05, 0) is 28.7 Å². The second-order valence-corrected chi connectivity index (χ2v) is 12.4. The van der Waals surface area contributed by atoms with Crippen LogP contribution in [-0.4, -0.2) is 60.7 Å². The number of nitrogens with zero attached hydrogens (tertiary/aromatic N) is 2. The number of carbonyl (C=O) groups excluding carboxylic acids is 1. The van der Waals surface area contributed by atoms with E-state index in [1.54, 1.807) is 24.3 Å². The topological polar surface area (TPSA) is 115 Å². The molecule has 41 heavy (non-hydrogen) atoms. The van der Waals surface area contributed by atoms with Gasteiger partial charge in [0.05, 0.1) is 13.1 Å². The summed E-state index contributed by atoms with van der Waals surface area (Å²) in [5, 5.41) is 19.4. The van der Waals surface area contributed by atoms with E-state index in [2.05, 4.69) is 0 Å². The van der Waals surface area contributed by atoms with E-state index in [0.29, 0.717) is 5.56 Å². The van der Waals surface area contributed by atoms with Crippen molar-refractivity contribution in [2.24, 2.45) is 0 Å². The number of aromatic hydroxyl groups is 1. The molecule has 8 nitrogen and oxygen atoms in total. The zero-order valence-electron chi connectivity index (χ0n) is 22.3. The summed E-state index contributed by atoms with van der Waals surface area (Å²) in [6.07, 6.45) is -6.82. The van der Waals surface area contributed by atoms with Gasteiger partial charge in [-0.25, -0.2) is 35.2 Å². The van der Waals surface area contributed by atoms with E-state index < -0.39 is 74.5 Å². The summed E-state index contributed by atoms with van der Waals surface area (Å²) in [6, 6.07) is 10.1. The highest BCUT2D eigenvalue weighted by Crippen LogP contribution is 2.40. The number of halogens is 5. The lowest BCUT2D eigenvalue weighted by Gasteiger charge is -2.28. The lowest BCUT2D eigenvalue weighted by atomic mass is 9.87. The van der Waals surface area contributed by atoms with Crippen LogP contribution < -0.4 is 4.90 Å². The SMILES string of the molecule is CN(CC(=O)N(Cc1ccc(C(C)(C)C)cc1)c1ccc(C(=O)O)c(O)c1)S(=O)(=O)C1=C(F)C(F)=C(F)C(F)C1F. The van der Waals surface area contributed by atoms with Crippen molar-refractivity contribution in [3.05, 3.63) is 81.5 Å². The van der Waals surface area contributed by atoms with Gasteiger partial charge in [-0.2, -0.15) is 4.31 Å². The number of likely N-dealkylation sites (N-methyl/N-ethyl adjacent to an activating group) is 1. The fraction of sp³-hybridized carbons (Fsp3) is 0.333. The number of benzene rings is 2. The molecule has 0 aromatic heterocycles. The molecular weight excluding hydrogens is 575 g/mol. The van der Waals surface area contributed by atoms with Gasteiger partial charge in [-0.3, -0.25) is 4.79 Å². The predicted molar refractivity (Wildman–Crippen MR) is 140 cm³/mol. The fourth-order valence-electron chi connectivity index (χ4n) is 3.99. The molecule has 0 heterocycles. The van der Waals surface area contributed by atoms with Crippen LogP contribution in [0.3, 0.4) is 0 Å². The monoisotopic (exact) mass is 602 g/mol. The molecule has 14 heteroatoms. The zero-order valence-corrected chi connectivity index (χ0v) is 23.1. The maximum Gasteiger partial charge on any atom is 0.339 e. The number of aromatic carboxylic acids is 1. The highest BCUT2D eigenvalue weighted by molar-refractivity contribution is 7.93. The van der Waals surface area contributed by atoms with E-state index >= 15 is 0 Å². The van der Waals surface area contributed by atoms with Crippen LogP contribution in [0.1, 0.15) is 42.3 Å². The van der Waals surface area contributed by atoms with Crippen molar-refractivity contribution in [1.29, 1.82) is 0 Å². The van der Waals surface area contributed by atoms with Crippen molar-refractivity contribution >= 4 is 27.6 Å². The molecule has 1 amide bonds. The molecule has 3 rings (SSSR count). The third-order valence-corrected chi connectivity index (χ3v) is 8.31. The number of hydrogen-bond acceptors (Lipinski definition) is 5. The Hall–Kier alpha value is -3.78. The highest BCUT2D eigenvalue weighted by Gasteiger charge is 2.47. The minimum atomic E-state index is -5.37. The first-order valence-corrected chi connectivity index (χ1v) is 13.5. The smallest absolute Gasteiger partial charge is 0.339 e. The normalized spacial score (nSPS) is 18.2. The highest BCUT2D eigenvalue weighted by atomic mass is 32.2. The van der Waals surface area contributed by atoms with Gasteiger partial charge < -0.3 is 15.1 Å². The summed E-state index contributed by atoms with van der Waals surface area (Å²) in [6.45, 7) is 4.61. The minimum Gasteiger partial charge on any atom is -0.507 e. The Labute approximate surface area is 233 Å². The molecule has 2 N–H and O–H groups in total. The summed E-state index contributed by atoms with van der Waals surface area (Å²) in [5.41, 5.74) is 0.755. The van der Waals surface area contributed by atoms with E-state index in [1.807, 2.05) is 20.8 Å². The number of alkyl halides is 2. The van der Waals surface area contributed by atoms with Crippen LogP contribution in [0, 0.1) is 0 Å². The minimum absolute atomic E-state index is 0.0607.